The number of alkyl halides is 1. The van der Waals surface area contributed by atoms with Crippen LogP contribution in [0, 0.1) is 5.92 Å². The van der Waals surface area contributed by atoms with Crippen LogP contribution in [0.5, 0.6) is 0 Å². The van der Waals surface area contributed by atoms with E-state index in [1.165, 1.54) is 11.8 Å². The molecule has 0 saturated heterocycles. The number of halogens is 2. The summed E-state index contributed by atoms with van der Waals surface area (Å²) in [6.45, 7) is 0. The van der Waals surface area contributed by atoms with E-state index in [0.717, 1.165) is 10.9 Å². The highest BCUT2D eigenvalue weighted by Crippen LogP contribution is 2.17. The summed E-state index contributed by atoms with van der Waals surface area (Å²) in [6.07, 6.45) is 2.71. The maximum absolute atomic E-state index is 11.1. The Morgan fingerprint density at radius 3 is 2.35 bits per heavy atom. The third-order valence-corrected chi connectivity index (χ3v) is 4.50. The molecular formula is C12H16BrClO2S. The molecule has 0 aliphatic heterocycles. The standard InChI is InChI=1S/C12H16BrClO2S/c1-17(15,16)7-6-11(9-14)8-10-2-4-12(13)5-3-10/h2-5,11H,6-9H2,1H3. The van der Waals surface area contributed by atoms with Gasteiger partial charge in [-0.05, 0) is 36.5 Å². The van der Waals surface area contributed by atoms with Crippen LogP contribution in [-0.2, 0) is 16.3 Å². The zero-order chi connectivity index (χ0) is 12.9. The van der Waals surface area contributed by atoms with E-state index >= 15 is 0 Å². The van der Waals surface area contributed by atoms with Gasteiger partial charge in [-0.1, -0.05) is 28.1 Å². The molecule has 0 aliphatic carbocycles. The Labute approximate surface area is 116 Å². The first-order valence-electron chi connectivity index (χ1n) is 5.39. The molecule has 0 fully saturated rings. The van der Waals surface area contributed by atoms with E-state index < -0.39 is 9.84 Å². The number of hydrogen-bond acceptors (Lipinski definition) is 2. The molecule has 0 aliphatic rings. The summed E-state index contributed by atoms with van der Waals surface area (Å²) in [4.78, 5) is 0. The van der Waals surface area contributed by atoms with Crippen LogP contribution in [0.1, 0.15) is 12.0 Å². The molecule has 0 amide bonds. The first-order valence-corrected chi connectivity index (χ1v) is 8.77. The molecule has 1 aromatic rings. The first kappa shape index (κ1) is 15.0. The molecule has 5 heteroatoms. The van der Waals surface area contributed by atoms with E-state index in [9.17, 15) is 8.42 Å². The number of rotatable bonds is 6. The van der Waals surface area contributed by atoms with Crippen LogP contribution in [0.3, 0.4) is 0 Å². The van der Waals surface area contributed by atoms with Gasteiger partial charge < -0.3 is 0 Å². The van der Waals surface area contributed by atoms with Gasteiger partial charge in [0.05, 0.1) is 5.75 Å². The Morgan fingerprint density at radius 1 is 1.29 bits per heavy atom. The molecule has 2 nitrogen and oxygen atoms in total. The number of sulfone groups is 1. The summed E-state index contributed by atoms with van der Waals surface area (Å²) in [7, 11) is -2.89. The fourth-order valence-electron chi connectivity index (χ4n) is 1.57. The number of benzene rings is 1. The highest BCUT2D eigenvalue weighted by molar-refractivity contribution is 9.10. The summed E-state index contributed by atoms with van der Waals surface area (Å²) >= 11 is 9.25. The van der Waals surface area contributed by atoms with Gasteiger partial charge in [0.15, 0.2) is 0 Å². The zero-order valence-corrected chi connectivity index (χ0v) is 12.9. The maximum Gasteiger partial charge on any atom is 0.147 e. The quantitative estimate of drug-likeness (QED) is 0.745. The van der Waals surface area contributed by atoms with Crippen molar-refractivity contribution < 1.29 is 8.42 Å². The van der Waals surface area contributed by atoms with Crippen molar-refractivity contribution in [3.05, 3.63) is 34.3 Å². The van der Waals surface area contributed by atoms with Crippen molar-refractivity contribution in [1.82, 2.24) is 0 Å². The normalized spacial score (nSPS) is 13.6. The first-order chi connectivity index (χ1) is 7.90. The molecule has 0 spiro atoms. The second kappa shape index (κ2) is 6.76. The van der Waals surface area contributed by atoms with Crippen LogP contribution >= 0.6 is 27.5 Å². The molecule has 0 radical (unpaired) electrons. The highest BCUT2D eigenvalue weighted by atomic mass is 79.9. The van der Waals surface area contributed by atoms with Crippen molar-refractivity contribution in [2.24, 2.45) is 5.92 Å². The van der Waals surface area contributed by atoms with Gasteiger partial charge in [-0.25, -0.2) is 8.42 Å². The monoisotopic (exact) mass is 338 g/mol. The predicted molar refractivity (Wildman–Crippen MR) is 76.4 cm³/mol. The van der Waals surface area contributed by atoms with E-state index in [2.05, 4.69) is 15.9 Å². The molecule has 1 atom stereocenters. The van der Waals surface area contributed by atoms with Gasteiger partial charge in [0.2, 0.25) is 0 Å². The van der Waals surface area contributed by atoms with Crippen LogP contribution < -0.4 is 0 Å². The van der Waals surface area contributed by atoms with Crippen LogP contribution in [0.15, 0.2) is 28.7 Å². The Hall–Kier alpha value is -0.0600. The van der Waals surface area contributed by atoms with Crippen molar-refractivity contribution >= 4 is 37.4 Å². The second-order valence-electron chi connectivity index (χ2n) is 4.27. The van der Waals surface area contributed by atoms with Crippen LogP contribution in [-0.4, -0.2) is 26.3 Å². The van der Waals surface area contributed by atoms with Gasteiger partial charge in [-0.15, -0.1) is 11.6 Å². The molecular weight excluding hydrogens is 324 g/mol. The summed E-state index contributed by atoms with van der Waals surface area (Å²) in [5.74, 6) is 0.916. The Balaban J connectivity index is 2.55. The molecule has 1 aromatic carbocycles. The topological polar surface area (TPSA) is 34.1 Å². The van der Waals surface area contributed by atoms with Crippen LogP contribution in [0.25, 0.3) is 0 Å². The largest absolute Gasteiger partial charge is 0.229 e. The second-order valence-corrected chi connectivity index (χ2v) is 7.75. The van der Waals surface area contributed by atoms with E-state index in [4.69, 9.17) is 11.6 Å². The van der Waals surface area contributed by atoms with Crippen molar-refractivity contribution in [3.8, 4) is 0 Å². The lowest BCUT2D eigenvalue weighted by molar-refractivity contribution is 0.550. The average molecular weight is 340 g/mol. The smallest absolute Gasteiger partial charge is 0.147 e. The van der Waals surface area contributed by atoms with Crippen molar-refractivity contribution in [2.75, 3.05) is 17.9 Å². The third kappa shape index (κ3) is 6.43. The molecule has 0 heterocycles. The van der Waals surface area contributed by atoms with Crippen LogP contribution in [0.4, 0.5) is 0 Å². The Morgan fingerprint density at radius 2 is 1.88 bits per heavy atom. The summed E-state index contributed by atoms with van der Waals surface area (Å²) in [5, 5.41) is 0. The summed E-state index contributed by atoms with van der Waals surface area (Å²) < 4.78 is 23.2. The highest BCUT2D eigenvalue weighted by Gasteiger charge is 2.12. The van der Waals surface area contributed by atoms with Gasteiger partial charge in [0, 0.05) is 16.6 Å². The molecule has 96 valence electrons. The zero-order valence-electron chi connectivity index (χ0n) is 9.70. The molecule has 0 N–H and O–H groups in total. The van der Waals surface area contributed by atoms with E-state index in [-0.39, 0.29) is 11.7 Å². The molecule has 1 rings (SSSR count). The minimum absolute atomic E-state index is 0.209. The van der Waals surface area contributed by atoms with E-state index in [0.29, 0.717) is 12.3 Å². The van der Waals surface area contributed by atoms with Gasteiger partial charge >= 0.3 is 0 Å². The summed E-state index contributed by atoms with van der Waals surface area (Å²) in [6, 6.07) is 8.03. The van der Waals surface area contributed by atoms with Crippen molar-refractivity contribution in [1.29, 1.82) is 0 Å². The Kier molecular flexibility index (Phi) is 5.97. The molecule has 17 heavy (non-hydrogen) atoms. The SMILES string of the molecule is CS(=O)(=O)CCC(CCl)Cc1ccc(Br)cc1. The van der Waals surface area contributed by atoms with E-state index in [1.807, 2.05) is 24.3 Å². The van der Waals surface area contributed by atoms with Crippen molar-refractivity contribution in [2.45, 2.75) is 12.8 Å². The average Bonchev–Trinajstić information content (AvgIpc) is 2.25. The Bertz CT molecular complexity index is 442. The fourth-order valence-corrected chi connectivity index (χ4v) is 2.86. The van der Waals surface area contributed by atoms with Crippen LogP contribution in [0.2, 0.25) is 0 Å². The lowest BCUT2D eigenvalue weighted by Crippen LogP contribution is -2.13. The third-order valence-electron chi connectivity index (χ3n) is 2.55. The van der Waals surface area contributed by atoms with E-state index in [1.54, 1.807) is 0 Å². The lowest BCUT2D eigenvalue weighted by atomic mass is 9.99. The molecule has 0 aromatic heterocycles. The fraction of sp³-hybridized carbons (Fsp3) is 0.500. The molecule has 0 bridgehead atoms. The van der Waals surface area contributed by atoms with Crippen molar-refractivity contribution in [3.63, 3.8) is 0 Å². The van der Waals surface area contributed by atoms with Gasteiger partial charge in [0.25, 0.3) is 0 Å². The molecule has 1 unspecified atom stereocenters. The summed E-state index contributed by atoms with van der Waals surface area (Å²) in [5.41, 5.74) is 1.19. The minimum atomic E-state index is -2.89. The van der Waals surface area contributed by atoms with Gasteiger partial charge in [0.1, 0.15) is 9.84 Å². The minimum Gasteiger partial charge on any atom is -0.229 e. The predicted octanol–water partition coefficient (Wildman–Crippen LogP) is 3.28. The number of hydrogen-bond donors (Lipinski definition) is 0. The molecule has 0 saturated carbocycles. The van der Waals surface area contributed by atoms with Gasteiger partial charge in [-0.2, -0.15) is 0 Å². The lowest BCUT2D eigenvalue weighted by Gasteiger charge is -2.13. The maximum atomic E-state index is 11.1. The van der Waals surface area contributed by atoms with Gasteiger partial charge in [-0.3, -0.25) is 0 Å².